The Labute approximate surface area is 213 Å². The SMILES string of the molecule is CCN1CCC(n2ncc(-c3cnc4[nH]cc(Cc5c(F)c(OC)cc(OC)c5F)c4c3)c2Cl)CC1. The monoisotopic (exact) mass is 515 g/mol. The summed E-state index contributed by atoms with van der Waals surface area (Å²) in [5.74, 6) is -1.67. The van der Waals surface area contributed by atoms with Crippen molar-refractivity contribution in [2.75, 3.05) is 33.9 Å². The van der Waals surface area contributed by atoms with Crippen LogP contribution in [-0.4, -0.2) is 58.5 Å². The molecule has 10 heteroatoms. The third-order valence-electron chi connectivity index (χ3n) is 7.04. The molecule has 190 valence electrons. The van der Waals surface area contributed by atoms with Gasteiger partial charge >= 0.3 is 0 Å². The minimum Gasteiger partial charge on any atom is -0.494 e. The highest BCUT2D eigenvalue weighted by molar-refractivity contribution is 6.32. The number of halogens is 3. The molecule has 1 saturated heterocycles. The summed E-state index contributed by atoms with van der Waals surface area (Å²) in [4.78, 5) is 10.0. The van der Waals surface area contributed by atoms with Gasteiger partial charge in [-0.3, -0.25) is 4.68 Å². The Morgan fingerprint density at radius 3 is 2.42 bits per heavy atom. The maximum Gasteiger partial charge on any atom is 0.171 e. The third-order valence-corrected chi connectivity index (χ3v) is 7.42. The summed E-state index contributed by atoms with van der Waals surface area (Å²) in [6, 6.07) is 3.38. The van der Waals surface area contributed by atoms with Crippen molar-refractivity contribution in [1.82, 2.24) is 24.6 Å². The number of benzene rings is 1. The van der Waals surface area contributed by atoms with Gasteiger partial charge in [0.2, 0.25) is 0 Å². The number of aromatic nitrogens is 4. The molecule has 4 aromatic rings. The molecule has 4 heterocycles. The van der Waals surface area contributed by atoms with Crippen LogP contribution in [0.2, 0.25) is 5.15 Å². The first-order valence-electron chi connectivity index (χ1n) is 12.0. The maximum atomic E-state index is 15.0. The van der Waals surface area contributed by atoms with Crippen LogP contribution in [0.5, 0.6) is 11.5 Å². The first-order valence-corrected chi connectivity index (χ1v) is 12.3. The molecular formula is C26H28ClF2N5O2. The van der Waals surface area contributed by atoms with E-state index in [2.05, 4.69) is 26.9 Å². The molecule has 1 aliphatic heterocycles. The first-order chi connectivity index (χ1) is 17.4. The van der Waals surface area contributed by atoms with Gasteiger partial charge in [-0.1, -0.05) is 18.5 Å². The molecule has 1 N–H and O–H groups in total. The Morgan fingerprint density at radius 1 is 1.08 bits per heavy atom. The molecule has 0 amide bonds. The smallest absolute Gasteiger partial charge is 0.171 e. The van der Waals surface area contributed by atoms with Gasteiger partial charge in [0.1, 0.15) is 10.8 Å². The van der Waals surface area contributed by atoms with Gasteiger partial charge in [0.25, 0.3) is 0 Å². The molecule has 7 nitrogen and oxygen atoms in total. The van der Waals surface area contributed by atoms with Gasteiger partial charge in [-0.15, -0.1) is 0 Å². The maximum absolute atomic E-state index is 15.0. The Bertz CT molecular complexity index is 1370. The summed E-state index contributed by atoms with van der Waals surface area (Å²) in [5, 5.41) is 5.90. The molecule has 1 aliphatic rings. The molecule has 36 heavy (non-hydrogen) atoms. The Kier molecular flexibility index (Phi) is 6.85. The highest BCUT2D eigenvalue weighted by atomic mass is 35.5. The molecule has 1 fully saturated rings. The van der Waals surface area contributed by atoms with Crippen LogP contribution in [0, 0.1) is 11.6 Å². The number of hydrogen-bond donors (Lipinski definition) is 1. The fraction of sp³-hybridized carbons (Fsp3) is 0.385. The van der Waals surface area contributed by atoms with Crippen molar-refractivity contribution in [1.29, 1.82) is 0 Å². The second-order valence-corrected chi connectivity index (χ2v) is 9.32. The predicted molar refractivity (Wildman–Crippen MR) is 135 cm³/mol. The summed E-state index contributed by atoms with van der Waals surface area (Å²) in [5.41, 5.74) is 2.72. The van der Waals surface area contributed by atoms with Crippen LogP contribution in [0.4, 0.5) is 8.78 Å². The van der Waals surface area contributed by atoms with Crippen molar-refractivity contribution in [2.24, 2.45) is 0 Å². The van der Waals surface area contributed by atoms with Gasteiger partial charge in [-0.2, -0.15) is 5.10 Å². The zero-order valence-corrected chi connectivity index (χ0v) is 21.2. The number of fused-ring (bicyclic) bond motifs is 1. The van der Waals surface area contributed by atoms with Gasteiger partial charge < -0.3 is 19.4 Å². The molecule has 0 aliphatic carbocycles. The molecule has 5 rings (SSSR count). The van der Waals surface area contributed by atoms with E-state index in [1.807, 2.05) is 10.7 Å². The number of nitrogens with zero attached hydrogens (tertiary/aromatic N) is 4. The molecule has 0 atom stereocenters. The number of nitrogens with one attached hydrogen (secondary N) is 1. The van der Waals surface area contributed by atoms with Gasteiger partial charge in [0.05, 0.1) is 26.5 Å². The minimum absolute atomic E-state index is 0.0145. The summed E-state index contributed by atoms with van der Waals surface area (Å²) in [7, 11) is 2.66. The minimum atomic E-state index is -0.757. The zero-order chi connectivity index (χ0) is 25.4. The zero-order valence-electron chi connectivity index (χ0n) is 20.4. The average Bonchev–Trinajstić information content (AvgIpc) is 3.49. The lowest BCUT2D eigenvalue weighted by atomic mass is 10.0. The highest BCUT2D eigenvalue weighted by Crippen LogP contribution is 2.36. The van der Waals surface area contributed by atoms with Crippen LogP contribution in [-0.2, 0) is 6.42 Å². The van der Waals surface area contributed by atoms with Crippen molar-refractivity contribution in [3.63, 3.8) is 0 Å². The molecule has 0 bridgehead atoms. The first kappa shape index (κ1) is 24.5. The number of likely N-dealkylation sites (tertiary alicyclic amines) is 1. The van der Waals surface area contributed by atoms with Crippen molar-refractivity contribution in [3.8, 4) is 22.6 Å². The number of methoxy groups -OCH3 is 2. The molecule has 0 spiro atoms. The standard InChI is InChI=1S/C26H28ClF2N5O2/c1-4-33-7-5-17(6-8-33)34-25(27)20(14-32-34)16-9-18-15(12-30-26(18)31-13-16)10-19-23(28)21(35-2)11-22(36-3)24(19)29/h9,11-14,17H,4-8,10H2,1-3H3,(H,30,31). The number of pyridine rings is 1. The topological polar surface area (TPSA) is 68.2 Å². The lowest BCUT2D eigenvalue weighted by molar-refractivity contribution is 0.188. The third kappa shape index (κ3) is 4.30. The van der Waals surface area contributed by atoms with Crippen molar-refractivity contribution < 1.29 is 18.3 Å². The van der Waals surface area contributed by atoms with Crippen LogP contribution in [0.25, 0.3) is 22.2 Å². The van der Waals surface area contributed by atoms with Crippen LogP contribution >= 0.6 is 11.6 Å². The van der Waals surface area contributed by atoms with E-state index in [0.29, 0.717) is 16.4 Å². The number of piperidine rings is 1. The van der Waals surface area contributed by atoms with Crippen molar-refractivity contribution in [3.05, 3.63) is 58.6 Å². The fourth-order valence-corrected chi connectivity index (χ4v) is 5.25. The molecule has 0 saturated carbocycles. The number of aromatic amines is 1. The largest absolute Gasteiger partial charge is 0.494 e. The van der Waals surface area contributed by atoms with Gasteiger partial charge in [-0.05, 0) is 31.0 Å². The summed E-state index contributed by atoms with van der Waals surface area (Å²) >= 11 is 6.79. The van der Waals surface area contributed by atoms with E-state index >= 15 is 0 Å². The molecular weight excluding hydrogens is 488 g/mol. The van der Waals surface area contributed by atoms with E-state index in [-0.39, 0.29) is 29.5 Å². The molecule has 0 radical (unpaired) electrons. The van der Waals surface area contributed by atoms with Crippen molar-refractivity contribution >= 4 is 22.6 Å². The Balaban J connectivity index is 1.48. The number of H-pyrrole nitrogens is 1. The van der Waals surface area contributed by atoms with Crippen LogP contribution in [0.15, 0.2) is 30.7 Å². The van der Waals surface area contributed by atoms with Crippen LogP contribution < -0.4 is 9.47 Å². The lowest BCUT2D eigenvalue weighted by Crippen LogP contribution is -2.34. The normalized spacial score (nSPS) is 15.1. The molecule has 1 aromatic carbocycles. The summed E-state index contributed by atoms with van der Waals surface area (Å²) in [6.07, 6.45) is 7.17. The van der Waals surface area contributed by atoms with Gasteiger partial charge in [0.15, 0.2) is 23.1 Å². The Hall–Kier alpha value is -3.17. The Morgan fingerprint density at radius 2 is 1.78 bits per heavy atom. The van der Waals surface area contributed by atoms with Crippen LogP contribution in [0.1, 0.15) is 36.9 Å². The average molecular weight is 516 g/mol. The highest BCUT2D eigenvalue weighted by Gasteiger charge is 2.25. The van der Waals surface area contributed by atoms with E-state index in [1.54, 1.807) is 18.6 Å². The number of hydrogen-bond acceptors (Lipinski definition) is 5. The van der Waals surface area contributed by atoms with Gasteiger partial charge in [0, 0.05) is 60.0 Å². The van der Waals surface area contributed by atoms with Crippen molar-refractivity contribution in [2.45, 2.75) is 32.2 Å². The van der Waals surface area contributed by atoms with Crippen LogP contribution in [0.3, 0.4) is 0 Å². The molecule has 0 unspecified atom stereocenters. The second-order valence-electron chi connectivity index (χ2n) is 8.96. The number of ether oxygens (including phenoxy) is 2. The molecule has 3 aromatic heterocycles. The van der Waals surface area contributed by atoms with E-state index in [4.69, 9.17) is 21.1 Å². The van der Waals surface area contributed by atoms with E-state index in [9.17, 15) is 8.78 Å². The summed E-state index contributed by atoms with van der Waals surface area (Å²) in [6.45, 7) is 5.27. The number of rotatable bonds is 7. The van der Waals surface area contributed by atoms with E-state index in [0.717, 1.165) is 49.0 Å². The van der Waals surface area contributed by atoms with Gasteiger partial charge in [-0.25, -0.2) is 13.8 Å². The summed E-state index contributed by atoms with van der Waals surface area (Å²) < 4.78 is 42.0. The fourth-order valence-electron chi connectivity index (χ4n) is 4.91. The second kappa shape index (κ2) is 10.1. The van der Waals surface area contributed by atoms with E-state index in [1.165, 1.54) is 20.3 Å². The van der Waals surface area contributed by atoms with E-state index < -0.39 is 11.6 Å². The quantitative estimate of drug-likeness (QED) is 0.346. The predicted octanol–water partition coefficient (Wildman–Crippen LogP) is 5.62. The lowest BCUT2D eigenvalue weighted by Gasteiger charge is -2.31.